The fourth-order valence-corrected chi connectivity index (χ4v) is 3.46. The van der Waals surface area contributed by atoms with Gasteiger partial charge in [0.05, 0.1) is 11.7 Å². The Labute approximate surface area is 174 Å². The highest BCUT2D eigenvalue weighted by Gasteiger charge is 2.21. The van der Waals surface area contributed by atoms with Crippen LogP contribution in [-0.4, -0.2) is 4.98 Å². The van der Waals surface area contributed by atoms with E-state index in [4.69, 9.17) is 5.73 Å². The molecule has 4 N–H and O–H groups in total. The van der Waals surface area contributed by atoms with Crippen LogP contribution in [-0.2, 0) is 0 Å². The van der Waals surface area contributed by atoms with Crippen LogP contribution in [0, 0.1) is 0 Å². The quantitative estimate of drug-likeness (QED) is 0.413. The summed E-state index contributed by atoms with van der Waals surface area (Å²) in [4.78, 5) is 27.7. The van der Waals surface area contributed by atoms with Crippen molar-refractivity contribution in [1.82, 2.24) is 10.3 Å². The molecule has 3 aromatic carbocycles. The molecule has 0 aliphatic heterocycles. The van der Waals surface area contributed by atoms with Crippen LogP contribution in [0.4, 0.5) is 17.1 Å². The zero-order valence-electron chi connectivity index (χ0n) is 16.5. The summed E-state index contributed by atoms with van der Waals surface area (Å²) in [6.07, 6.45) is 1.77. The summed E-state index contributed by atoms with van der Waals surface area (Å²) in [5.74, 6) is 0. The van der Waals surface area contributed by atoms with Crippen molar-refractivity contribution in [2.75, 3.05) is 11.1 Å². The number of nitrogens with zero attached hydrogens (tertiary/aromatic N) is 1. The highest BCUT2D eigenvalue weighted by atomic mass is 16.2. The maximum Gasteiger partial charge on any atom is 0.253 e. The van der Waals surface area contributed by atoms with Gasteiger partial charge in [0.1, 0.15) is 11.4 Å². The first-order chi connectivity index (χ1) is 14.5. The van der Waals surface area contributed by atoms with E-state index in [0.717, 1.165) is 11.3 Å². The molecule has 0 radical (unpaired) electrons. The van der Waals surface area contributed by atoms with Crippen molar-refractivity contribution in [3.63, 3.8) is 0 Å². The SMILES string of the molecule is C[C@H](NC(c1cccc(Nc2c(N)c(=O)c2=O)c1)c1ccccn1)c1ccccc1. The second kappa shape index (κ2) is 8.31. The van der Waals surface area contributed by atoms with E-state index >= 15 is 0 Å². The van der Waals surface area contributed by atoms with Crippen molar-refractivity contribution in [2.45, 2.75) is 19.0 Å². The molecule has 1 heterocycles. The number of rotatable bonds is 7. The number of aromatic nitrogens is 1. The minimum Gasteiger partial charge on any atom is -0.394 e. The third-order valence-corrected chi connectivity index (χ3v) is 5.14. The molecule has 0 bridgehead atoms. The van der Waals surface area contributed by atoms with Crippen LogP contribution in [0.15, 0.2) is 88.6 Å². The first-order valence-electron chi connectivity index (χ1n) is 9.72. The van der Waals surface area contributed by atoms with Gasteiger partial charge in [-0.3, -0.25) is 19.9 Å². The van der Waals surface area contributed by atoms with Crippen molar-refractivity contribution in [3.8, 4) is 0 Å². The number of benzene rings is 2. The molecule has 0 aliphatic carbocycles. The average Bonchev–Trinajstić information content (AvgIpc) is 2.81. The van der Waals surface area contributed by atoms with Gasteiger partial charge in [-0.15, -0.1) is 0 Å². The normalized spacial score (nSPS) is 13.1. The van der Waals surface area contributed by atoms with Gasteiger partial charge in [-0.1, -0.05) is 48.5 Å². The molecule has 2 atom stereocenters. The number of pyridine rings is 1. The monoisotopic (exact) mass is 398 g/mol. The predicted octanol–water partition coefficient (Wildman–Crippen LogP) is 3.44. The van der Waals surface area contributed by atoms with Crippen molar-refractivity contribution in [3.05, 3.63) is 116 Å². The summed E-state index contributed by atoms with van der Waals surface area (Å²) < 4.78 is 0. The van der Waals surface area contributed by atoms with Gasteiger partial charge in [-0.2, -0.15) is 0 Å². The molecule has 1 unspecified atom stereocenters. The van der Waals surface area contributed by atoms with Crippen LogP contribution in [0.5, 0.6) is 0 Å². The van der Waals surface area contributed by atoms with E-state index in [1.165, 1.54) is 5.56 Å². The largest absolute Gasteiger partial charge is 0.394 e. The highest BCUT2D eigenvalue weighted by molar-refractivity contribution is 5.76. The van der Waals surface area contributed by atoms with Gasteiger partial charge >= 0.3 is 0 Å². The topological polar surface area (TPSA) is 97.1 Å². The van der Waals surface area contributed by atoms with E-state index < -0.39 is 10.9 Å². The van der Waals surface area contributed by atoms with E-state index in [2.05, 4.69) is 34.7 Å². The molecular weight excluding hydrogens is 376 g/mol. The third kappa shape index (κ3) is 3.86. The smallest absolute Gasteiger partial charge is 0.253 e. The summed E-state index contributed by atoms with van der Waals surface area (Å²) >= 11 is 0. The van der Waals surface area contributed by atoms with Gasteiger partial charge in [0.2, 0.25) is 0 Å². The Bertz CT molecular complexity index is 1220. The lowest BCUT2D eigenvalue weighted by atomic mass is 9.99. The molecule has 0 saturated carbocycles. The van der Waals surface area contributed by atoms with Gasteiger partial charge < -0.3 is 11.1 Å². The Balaban J connectivity index is 1.66. The lowest BCUT2D eigenvalue weighted by Gasteiger charge is -2.24. The Hall–Kier alpha value is -3.77. The summed E-state index contributed by atoms with van der Waals surface area (Å²) in [5.41, 5.74) is 8.25. The molecule has 6 nitrogen and oxygen atoms in total. The van der Waals surface area contributed by atoms with E-state index in [-0.39, 0.29) is 23.5 Å². The Morgan fingerprint density at radius 3 is 2.30 bits per heavy atom. The van der Waals surface area contributed by atoms with Gasteiger partial charge in [0.15, 0.2) is 0 Å². The summed E-state index contributed by atoms with van der Waals surface area (Å²) in [6.45, 7) is 2.11. The number of anilines is 3. The minimum absolute atomic E-state index is 0.0255. The Morgan fingerprint density at radius 2 is 1.60 bits per heavy atom. The number of nitrogen functional groups attached to an aromatic ring is 1. The molecule has 0 saturated heterocycles. The maximum absolute atomic E-state index is 11.7. The summed E-state index contributed by atoms with van der Waals surface area (Å²) in [7, 11) is 0. The molecule has 4 aromatic rings. The second-order valence-corrected chi connectivity index (χ2v) is 7.18. The standard InChI is InChI=1S/C24H22N4O2/c1-15(16-8-3-2-4-9-16)27-21(19-12-5-6-13-26-19)17-10-7-11-18(14-17)28-22-20(25)23(29)24(22)30/h2-15,21,27-28H,25H2,1H3/t15-,21?/m0/s1. The molecule has 4 rings (SSSR count). The molecule has 30 heavy (non-hydrogen) atoms. The zero-order valence-corrected chi connectivity index (χ0v) is 16.5. The van der Waals surface area contributed by atoms with Gasteiger partial charge in [0, 0.05) is 17.9 Å². The van der Waals surface area contributed by atoms with Gasteiger partial charge in [0.25, 0.3) is 10.9 Å². The number of nitrogens with one attached hydrogen (secondary N) is 2. The molecule has 0 spiro atoms. The molecule has 6 heteroatoms. The van der Waals surface area contributed by atoms with E-state index in [9.17, 15) is 9.59 Å². The maximum atomic E-state index is 11.7. The first-order valence-corrected chi connectivity index (χ1v) is 9.72. The van der Waals surface area contributed by atoms with Crippen LogP contribution in [0.25, 0.3) is 0 Å². The van der Waals surface area contributed by atoms with E-state index in [1.807, 2.05) is 60.7 Å². The van der Waals surface area contributed by atoms with Crippen molar-refractivity contribution in [1.29, 1.82) is 0 Å². The van der Waals surface area contributed by atoms with E-state index in [0.29, 0.717) is 5.69 Å². The fourth-order valence-electron chi connectivity index (χ4n) is 3.46. The van der Waals surface area contributed by atoms with Crippen molar-refractivity contribution < 1.29 is 0 Å². The Kier molecular flexibility index (Phi) is 5.41. The molecule has 0 aliphatic rings. The van der Waals surface area contributed by atoms with Crippen LogP contribution in [0.2, 0.25) is 0 Å². The molecule has 150 valence electrons. The van der Waals surface area contributed by atoms with Crippen molar-refractivity contribution in [2.24, 2.45) is 0 Å². The second-order valence-electron chi connectivity index (χ2n) is 7.18. The lowest BCUT2D eigenvalue weighted by molar-refractivity contribution is 0.508. The van der Waals surface area contributed by atoms with Crippen LogP contribution < -0.4 is 27.2 Å². The van der Waals surface area contributed by atoms with Gasteiger partial charge in [-0.05, 0) is 42.3 Å². The molecule has 1 aromatic heterocycles. The van der Waals surface area contributed by atoms with Crippen molar-refractivity contribution >= 4 is 17.1 Å². The van der Waals surface area contributed by atoms with Gasteiger partial charge in [-0.25, -0.2) is 0 Å². The van der Waals surface area contributed by atoms with Crippen LogP contribution in [0.1, 0.15) is 35.8 Å². The summed E-state index contributed by atoms with van der Waals surface area (Å²) in [6, 6.07) is 23.6. The minimum atomic E-state index is -0.640. The third-order valence-electron chi connectivity index (χ3n) is 5.14. The van der Waals surface area contributed by atoms with Crippen LogP contribution >= 0.6 is 0 Å². The zero-order chi connectivity index (χ0) is 21.1. The Morgan fingerprint density at radius 1 is 0.867 bits per heavy atom. The molecular formula is C24H22N4O2. The lowest BCUT2D eigenvalue weighted by Crippen LogP contribution is -2.36. The number of hydrogen-bond donors (Lipinski definition) is 3. The first kappa shape index (κ1) is 19.5. The molecule has 0 amide bonds. The highest BCUT2D eigenvalue weighted by Crippen LogP contribution is 2.28. The summed E-state index contributed by atoms with van der Waals surface area (Å²) in [5, 5.41) is 6.63. The van der Waals surface area contributed by atoms with Crippen LogP contribution in [0.3, 0.4) is 0 Å². The predicted molar refractivity (Wildman–Crippen MR) is 120 cm³/mol. The number of nitrogens with two attached hydrogens (primary N) is 1. The number of hydrogen-bond acceptors (Lipinski definition) is 6. The average molecular weight is 398 g/mol. The van der Waals surface area contributed by atoms with E-state index in [1.54, 1.807) is 6.20 Å². The fraction of sp³-hybridized carbons (Fsp3) is 0.125. The molecule has 0 fully saturated rings.